The fourth-order valence-corrected chi connectivity index (χ4v) is 4.71. The van der Waals surface area contributed by atoms with Gasteiger partial charge in [0.1, 0.15) is 0 Å². The first kappa shape index (κ1) is 20.5. The molecule has 4 rings (SSSR count). The average Bonchev–Trinajstić information content (AvgIpc) is 2.80. The van der Waals surface area contributed by atoms with Crippen LogP contribution in [0.15, 0.2) is 77.7 Å². The van der Waals surface area contributed by atoms with E-state index in [1.807, 2.05) is 34.9 Å². The third-order valence-electron chi connectivity index (χ3n) is 5.83. The van der Waals surface area contributed by atoms with Crippen LogP contribution >= 0.6 is 11.8 Å². The number of amides is 1. The van der Waals surface area contributed by atoms with E-state index in [0.29, 0.717) is 0 Å². The van der Waals surface area contributed by atoms with E-state index in [9.17, 15) is 4.79 Å². The number of nitrogens with zero attached hydrogens (tertiary/aromatic N) is 2. The molecule has 1 amide bonds. The van der Waals surface area contributed by atoms with Gasteiger partial charge in [-0.3, -0.25) is 4.79 Å². The highest BCUT2D eigenvalue weighted by Crippen LogP contribution is 2.25. The molecule has 3 nitrogen and oxygen atoms in total. The van der Waals surface area contributed by atoms with Gasteiger partial charge in [-0.05, 0) is 60.9 Å². The number of carbonyl (C=O) groups is 1. The van der Waals surface area contributed by atoms with Gasteiger partial charge in [0, 0.05) is 48.1 Å². The van der Waals surface area contributed by atoms with Crippen molar-refractivity contribution in [3.05, 3.63) is 95.1 Å². The van der Waals surface area contributed by atoms with E-state index in [0.717, 1.165) is 37.5 Å². The zero-order valence-electron chi connectivity index (χ0n) is 17.7. The highest BCUT2D eigenvalue weighted by Gasteiger charge is 2.23. The summed E-state index contributed by atoms with van der Waals surface area (Å²) in [7, 11) is 0. The van der Waals surface area contributed by atoms with Gasteiger partial charge in [0.15, 0.2) is 0 Å². The summed E-state index contributed by atoms with van der Waals surface area (Å²) < 4.78 is 0. The maximum atomic E-state index is 13.0. The molecular formula is C26H28N2OS. The lowest BCUT2D eigenvalue weighted by Crippen LogP contribution is -2.49. The van der Waals surface area contributed by atoms with Crippen LogP contribution in [-0.4, -0.2) is 37.0 Å². The molecule has 0 spiro atoms. The summed E-state index contributed by atoms with van der Waals surface area (Å²) in [5.41, 5.74) is 5.96. The Labute approximate surface area is 183 Å². The number of rotatable bonds is 5. The van der Waals surface area contributed by atoms with E-state index < -0.39 is 0 Å². The zero-order valence-corrected chi connectivity index (χ0v) is 18.5. The number of hydrogen-bond acceptors (Lipinski definition) is 3. The van der Waals surface area contributed by atoms with Gasteiger partial charge in [-0.2, -0.15) is 0 Å². The molecule has 1 heterocycles. The van der Waals surface area contributed by atoms with Crippen LogP contribution in [0, 0.1) is 13.8 Å². The minimum absolute atomic E-state index is 0.137. The van der Waals surface area contributed by atoms with Gasteiger partial charge in [-0.15, -0.1) is 11.8 Å². The van der Waals surface area contributed by atoms with E-state index in [1.54, 1.807) is 0 Å². The first-order valence-electron chi connectivity index (χ1n) is 10.5. The van der Waals surface area contributed by atoms with Crippen molar-refractivity contribution in [2.45, 2.75) is 24.5 Å². The first-order chi connectivity index (χ1) is 14.6. The van der Waals surface area contributed by atoms with Crippen LogP contribution in [0.2, 0.25) is 0 Å². The summed E-state index contributed by atoms with van der Waals surface area (Å²) in [5.74, 6) is 1.05. The molecule has 0 bridgehead atoms. The monoisotopic (exact) mass is 416 g/mol. The SMILES string of the molecule is Cc1cccc(N2CCN(C(=O)c3ccc(CSc4ccccc4)cc3)CC2)c1C. The van der Waals surface area contributed by atoms with E-state index in [-0.39, 0.29) is 5.91 Å². The second-order valence-corrected chi connectivity index (χ2v) is 8.85. The molecule has 0 aliphatic carbocycles. The Morgan fingerprint density at radius 1 is 0.833 bits per heavy atom. The molecule has 1 saturated heterocycles. The average molecular weight is 417 g/mol. The number of benzene rings is 3. The Kier molecular flexibility index (Phi) is 6.44. The van der Waals surface area contributed by atoms with Crippen molar-refractivity contribution in [2.75, 3.05) is 31.1 Å². The largest absolute Gasteiger partial charge is 0.368 e. The Morgan fingerprint density at radius 3 is 2.23 bits per heavy atom. The van der Waals surface area contributed by atoms with Crippen LogP contribution in [0.4, 0.5) is 5.69 Å². The Bertz CT molecular complexity index is 993. The molecule has 4 heteroatoms. The first-order valence-corrected chi connectivity index (χ1v) is 11.5. The van der Waals surface area contributed by atoms with Gasteiger partial charge in [-0.1, -0.05) is 42.5 Å². The van der Waals surface area contributed by atoms with Crippen LogP contribution in [0.25, 0.3) is 0 Å². The van der Waals surface area contributed by atoms with Crippen LogP contribution < -0.4 is 4.90 Å². The number of thioether (sulfide) groups is 1. The highest BCUT2D eigenvalue weighted by molar-refractivity contribution is 7.98. The van der Waals surface area contributed by atoms with E-state index >= 15 is 0 Å². The van der Waals surface area contributed by atoms with Gasteiger partial charge < -0.3 is 9.80 Å². The topological polar surface area (TPSA) is 23.6 Å². The quantitative estimate of drug-likeness (QED) is 0.509. The van der Waals surface area contributed by atoms with Crippen molar-refractivity contribution in [3.63, 3.8) is 0 Å². The molecule has 3 aromatic carbocycles. The summed E-state index contributed by atoms with van der Waals surface area (Å²) in [4.78, 5) is 18.6. The molecule has 0 aromatic heterocycles. The number of aryl methyl sites for hydroxylation is 1. The molecule has 154 valence electrons. The summed E-state index contributed by atoms with van der Waals surface area (Å²) in [5, 5.41) is 0. The molecule has 1 aliphatic heterocycles. The zero-order chi connectivity index (χ0) is 20.9. The van der Waals surface area contributed by atoms with Gasteiger partial charge in [0.25, 0.3) is 5.91 Å². The van der Waals surface area contributed by atoms with Gasteiger partial charge in [-0.25, -0.2) is 0 Å². The molecule has 0 unspecified atom stereocenters. The fraction of sp³-hybridized carbons (Fsp3) is 0.269. The minimum atomic E-state index is 0.137. The second kappa shape index (κ2) is 9.40. The van der Waals surface area contributed by atoms with E-state index in [4.69, 9.17) is 0 Å². The Hall–Kier alpha value is -2.72. The molecule has 0 radical (unpaired) electrons. The van der Waals surface area contributed by atoms with Crippen molar-refractivity contribution in [2.24, 2.45) is 0 Å². The maximum absolute atomic E-state index is 13.0. The molecule has 0 N–H and O–H groups in total. The van der Waals surface area contributed by atoms with Gasteiger partial charge >= 0.3 is 0 Å². The minimum Gasteiger partial charge on any atom is -0.368 e. The molecule has 0 saturated carbocycles. The third kappa shape index (κ3) is 4.71. The van der Waals surface area contributed by atoms with Crippen molar-refractivity contribution in [1.82, 2.24) is 4.90 Å². The lowest BCUT2D eigenvalue weighted by atomic mass is 10.1. The Balaban J connectivity index is 1.33. The van der Waals surface area contributed by atoms with Gasteiger partial charge in [0.2, 0.25) is 0 Å². The number of piperazine rings is 1. The normalized spacial score (nSPS) is 14.1. The van der Waals surface area contributed by atoms with Crippen LogP contribution in [-0.2, 0) is 5.75 Å². The number of hydrogen-bond donors (Lipinski definition) is 0. The van der Waals surface area contributed by atoms with E-state index in [1.165, 1.54) is 27.3 Å². The Morgan fingerprint density at radius 2 is 1.53 bits per heavy atom. The molecule has 1 aliphatic rings. The standard InChI is InChI=1S/C26H28N2OS/c1-20-7-6-10-25(21(20)2)27-15-17-28(18-16-27)26(29)23-13-11-22(12-14-23)19-30-24-8-4-3-5-9-24/h3-14H,15-19H2,1-2H3. The summed E-state index contributed by atoms with van der Waals surface area (Å²) in [6.45, 7) is 7.61. The fourth-order valence-electron chi connectivity index (χ4n) is 3.84. The second-order valence-electron chi connectivity index (χ2n) is 7.80. The summed E-state index contributed by atoms with van der Waals surface area (Å²) in [6.07, 6.45) is 0. The van der Waals surface area contributed by atoms with Crippen LogP contribution in [0.1, 0.15) is 27.0 Å². The van der Waals surface area contributed by atoms with Crippen LogP contribution in [0.5, 0.6) is 0 Å². The molecule has 3 aromatic rings. The lowest BCUT2D eigenvalue weighted by molar-refractivity contribution is 0.0747. The predicted octanol–water partition coefficient (Wildman–Crippen LogP) is 5.56. The lowest BCUT2D eigenvalue weighted by Gasteiger charge is -2.37. The summed E-state index contributed by atoms with van der Waals surface area (Å²) >= 11 is 1.82. The number of carbonyl (C=O) groups excluding carboxylic acids is 1. The smallest absolute Gasteiger partial charge is 0.253 e. The molecular weight excluding hydrogens is 388 g/mol. The van der Waals surface area contributed by atoms with Crippen LogP contribution in [0.3, 0.4) is 0 Å². The van der Waals surface area contributed by atoms with Crippen molar-refractivity contribution >= 4 is 23.4 Å². The predicted molar refractivity (Wildman–Crippen MR) is 126 cm³/mol. The van der Waals surface area contributed by atoms with Crippen molar-refractivity contribution < 1.29 is 4.79 Å². The maximum Gasteiger partial charge on any atom is 0.253 e. The third-order valence-corrected chi connectivity index (χ3v) is 6.92. The van der Waals surface area contributed by atoms with Crippen molar-refractivity contribution in [1.29, 1.82) is 0 Å². The molecule has 30 heavy (non-hydrogen) atoms. The van der Waals surface area contributed by atoms with Gasteiger partial charge in [0.05, 0.1) is 0 Å². The van der Waals surface area contributed by atoms with E-state index in [2.05, 4.69) is 73.3 Å². The van der Waals surface area contributed by atoms with Crippen molar-refractivity contribution in [3.8, 4) is 0 Å². The molecule has 0 atom stereocenters. The summed E-state index contributed by atoms with van der Waals surface area (Å²) in [6, 6.07) is 25.0. The highest BCUT2D eigenvalue weighted by atomic mass is 32.2. The molecule has 1 fully saturated rings. The number of anilines is 1.